The van der Waals surface area contributed by atoms with Crippen LogP contribution in [0.4, 0.5) is 0 Å². The number of benzene rings is 1. The summed E-state index contributed by atoms with van der Waals surface area (Å²) in [6.45, 7) is 6.74. The van der Waals surface area contributed by atoms with Crippen molar-refractivity contribution in [3.05, 3.63) is 57.8 Å². The average molecular weight is 486 g/mol. The number of guanidine groups is 1. The number of aliphatic imine (C=N–C) groups is 1. The Labute approximate surface area is 176 Å². The van der Waals surface area contributed by atoms with E-state index in [0.717, 1.165) is 31.0 Å². The van der Waals surface area contributed by atoms with Gasteiger partial charge in [0, 0.05) is 43.0 Å². The van der Waals surface area contributed by atoms with Gasteiger partial charge in [-0.15, -0.1) is 35.3 Å². The van der Waals surface area contributed by atoms with Crippen LogP contribution in [0.1, 0.15) is 27.7 Å². The van der Waals surface area contributed by atoms with Gasteiger partial charge >= 0.3 is 0 Å². The predicted octanol–water partition coefficient (Wildman–Crippen LogP) is 3.20. The fraction of sp³-hybridized carbons (Fsp3) is 0.368. The van der Waals surface area contributed by atoms with Gasteiger partial charge in [-0.05, 0) is 37.4 Å². The highest BCUT2D eigenvalue weighted by Gasteiger charge is 2.04. The van der Waals surface area contributed by atoms with Crippen molar-refractivity contribution in [2.75, 3.05) is 26.2 Å². The van der Waals surface area contributed by atoms with E-state index in [1.165, 1.54) is 4.88 Å². The number of carbonyl (C=O) groups excluding carboxylic acids is 1. The molecule has 7 heteroatoms. The van der Waals surface area contributed by atoms with Gasteiger partial charge in [0.2, 0.25) is 0 Å². The van der Waals surface area contributed by atoms with Gasteiger partial charge in [0.15, 0.2) is 5.96 Å². The summed E-state index contributed by atoms with van der Waals surface area (Å²) in [5.74, 6) is 0.731. The summed E-state index contributed by atoms with van der Waals surface area (Å²) < 4.78 is 0. The molecule has 26 heavy (non-hydrogen) atoms. The van der Waals surface area contributed by atoms with Gasteiger partial charge in [-0.1, -0.05) is 23.8 Å². The van der Waals surface area contributed by atoms with E-state index in [2.05, 4.69) is 38.5 Å². The van der Waals surface area contributed by atoms with E-state index in [9.17, 15) is 4.79 Å². The first-order chi connectivity index (χ1) is 12.2. The lowest BCUT2D eigenvalue weighted by Gasteiger charge is -2.12. The molecular formula is C19H27IN4OS. The average Bonchev–Trinajstić information content (AvgIpc) is 3.12. The van der Waals surface area contributed by atoms with Gasteiger partial charge in [-0.2, -0.15) is 0 Å². The number of hydrogen-bond donors (Lipinski definition) is 3. The number of hydrogen-bond acceptors (Lipinski definition) is 3. The summed E-state index contributed by atoms with van der Waals surface area (Å²) >= 11 is 1.75. The Morgan fingerprint density at radius 3 is 2.62 bits per heavy atom. The molecule has 1 aromatic carbocycles. The maximum absolute atomic E-state index is 12.1. The van der Waals surface area contributed by atoms with Crippen LogP contribution >= 0.6 is 35.3 Å². The van der Waals surface area contributed by atoms with Crippen LogP contribution in [0.15, 0.2) is 46.8 Å². The minimum atomic E-state index is -0.0508. The van der Waals surface area contributed by atoms with Gasteiger partial charge in [0.05, 0.1) is 0 Å². The van der Waals surface area contributed by atoms with Gasteiger partial charge in [-0.3, -0.25) is 9.79 Å². The molecule has 1 heterocycles. The first kappa shape index (κ1) is 22.4. The lowest BCUT2D eigenvalue weighted by Crippen LogP contribution is -2.41. The molecule has 0 aliphatic carbocycles. The third-order valence-corrected chi connectivity index (χ3v) is 4.47. The first-order valence-corrected chi connectivity index (χ1v) is 9.46. The Kier molecular flexibility index (Phi) is 11.0. The van der Waals surface area contributed by atoms with Crippen molar-refractivity contribution in [1.29, 1.82) is 0 Å². The second-order valence-corrected chi connectivity index (χ2v) is 6.67. The third kappa shape index (κ3) is 8.18. The summed E-state index contributed by atoms with van der Waals surface area (Å²) in [5.41, 5.74) is 1.77. The highest BCUT2D eigenvalue weighted by Crippen LogP contribution is 2.08. The summed E-state index contributed by atoms with van der Waals surface area (Å²) in [4.78, 5) is 18.0. The van der Waals surface area contributed by atoms with E-state index in [4.69, 9.17) is 0 Å². The Morgan fingerprint density at radius 1 is 1.12 bits per heavy atom. The summed E-state index contributed by atoms with van der Waals surface area (Å²) in [6.07, 6.45) is 0.943. The molecule has 0 radical (unpaired) electrons. The molecule has 3 N–H and O–H groups in total. The molecule has 142 valence electrons. The maximum atomic E-state index is 12.1. The van der Waals surface area contributed by atoms with E-state index < -0.39 is 0 Å². The SMILES string of the molecule is CCNC(=NCCc1cccs1)NCCNC(=O)c1cccc(C)c1.I. The fourth-order valence-corrected chi connectivity index (χ4v) is 3.02. The zero-order valence-electron chi connectivity index (χ0n) is 15.2. The molecule has 0 aliphatic heterocycles. The second-order valence-electron chi connectivity index (χ2n) is 5.64. The monoisotopic (exact) mass is 486 g/mol. The van der Waals surface area contributed by atoms with Crippen LogP contribution in [-0.2, 0) is 6.42 Å². The topological polar surface area (TPSA) is 65.5 Å². The molecule has 0 saturated carbocycles. The Balaban J connectivity index is 0.00000338. The minimum Gasteiger partial charge on any atom is -0.357 e. The summed E-state index contributed by atoms with van der Waals surface area (Å²) in [7, 11) is 0. The molecular weight excluding hydrogens is 459 g/mol. The third-order valence-electron chi connectivity index (χ3n) is 3.54. The normalized spacial score (nSPS) is 10.8. The minimum absolute atomic E-state index is 0. The zero-order valence-corrected chi connectivity index (χ0v) is 18.4. The van der Waals surface area contributed by atoms with Crippen LogP contribution in [0, 0.1) is 6.92 Å². The number of thiophene rings is 1. The first-order valence-electron chi connectivity index (χ1n) is 8.58. The zero-order chi connectivity index (χ0) is 17.9. The van der Waals surface area contributed by atoms with Crippen molar-refractivity contribution in [3.63, 3.8) is 0 Å². The summed E-state index contributed by atoms with van der Waals surface area (Å²) in [5, 5.41) is 11.5. The fourth-order valence-electron chi connectivity index (χ4n) is 2.32. The molecule has 2 aromatic rings. The number of nitrogens with zero attached hydrogens (tertiary/aromatic N) is 1. The van der Waals surface area contributed by atoms with E-state index in [-0.39, 0.29) is 29.9 Å². The number of aryl methyl sites for hydroxylation is 1. The van der Waals surface area contributed by atoms with E-state index in [1.807, 2.05) is 38.1 Å². The number of nitrogens with one attached hydrogen (secondary N) is 3. The Hall–Kier alpha value is -1.61. The second kappa shape index (κ2) is 12.7. The molecule has 1 aromatic heterocycles. The number of carbonyl (C=O) groups is 1. The molecule has 0 bridgehead atoms. The van der Waals surface area contributed by atoms with Crippen LogP contribution in [0.3, 0.4) is 0 Å². The lowest BCUT2D eigenvalue weighted by molar-refractivity contribution is 0.0954. The van der Waals surface area contributed by atoms with E-state index >= 15 is 0 Å². The lowest BCUT2D eigenvalue weighted by atomic mass is 10.1. The van der Waals surface area contributed by atoms with Gasteiger partial charge in [0.1, 0.15) is 0 Å². The van der Waals surface area contributed by atoms with Crippen molar-refractivity contribution in [2.24, 2.45) is 4.99 Å². The predicted molar refractivity (Wildman–Crippen MR) is 121 cm³/mol. The van der Waals surface area contributed by atoms with Crippen LogP contribution in [0.2, 0.25) is 0 Å². The molecule has 1 amide bonds. The van der Waals surface area contributed by atoms with Crippen LogP contribution in [0.25, 0.3) is 0 Å². The number of amides is 1. The van der Waals surface area contributed by atoms with Gasteiger partial charge in [0.25, 0.3) is 5.91 Å². The maximum Gasteiger partial charge on any atom is 0.251 e. The standard InChI is InChI=1S/C19H26N4OS.HI/c1-3-20-19(22-10-9-17-8-5-13-25-17)23-12-11-21-18(24)16-7-4-6-15(2)14-16;/h4-8,13-14H,3,9-12H2,1-2H3,(H,21,24)(H2,20,22,23);1H. The van der Waals surface area contributed by atoms with E-state index in [0.29, 0.717) is 18.7 Å². The van der Waals surface area contributed by atoms with E-state index in [1.54, 1.807) is 11.3 Å². The van der Waals surface area contributed by atoms with Crippen LogP contribution < -0.4 is 16.0 Å². The highest BCUT2D eigenvalue weighted by molar-refractivity contribution is 14.0. The Bertz CT molecular complexity index is 689. The summed E-state index contributed by atoms with van der Waals surface area (Å²) in [6, 6.07) is 11.8. The van der Waals surface area contributed by atoms with Crippen LogP contribution in [0.5, 0.6) is 0 Å². The number of halogens is 1. The van der Waals surface area contributed by atoms with Crippen molar-refractivity contribution < 1.29 is 4.79 Å². The van der Waals surface area contributed by atoms with Crippen LogP contribution in [-0.4, -0.2) is 38.0 Å². The highest BCUT2D eigenvalue weighted by atomic mass is 127. The molecule has 2 rings (SSSR count). The molecule has 0 saturated heterocycles. The smallest absolute Gasteiger partial charge is 0.251 e. The Morgan fingerprint density at radius 2 is 1.92 bits per heavy atom. The quantitative estimate of drug-likeness (QED) is 0.233. The molecule has 0 unspecified atom stereocenters. The van der Waals surface area contributed by atoms with Crippen molar-refractivity contribution in [3.8, 4) is 0 Å². The van der Waals surface area contributed by atoms with Crippen molar-refractivity contribution in [1.82, 2.24) is 16.0 Å². The molecule has 0 fully saturated rings. The molecule has 0 atom stereocenters. The van der Waals surface area contributed by atoms with Gasteiger partial charge < -0.3 is 16.0 Å². The molecule has 0 spiro atoms. The molecule has 0 aliphatic rings. The number of rotatable bonds is 8. The molecule has 5 nitrogen and oxygen atoms in total. The largest absolute Gasteiger partial charge is 0.357 e. The van der Waals surface area contributed by atoms with Gasteiger partial charge in [-0.25, -0.2) is 0 Å². The van der Waals surface area contributed by atoms with Crippen molar-refractivity contribution in [2.45, 2.75) is 20.3 Å². The van der Waals surface area contributed by atoms with Crippen molar-refractivity contribution >= 4 is 47.2 Å².